The lowest BCUT2D eigenvalue weighted by Crippen LogP contribution is -3.14. The molecule has 1 aliphatic heterocycles. The van der Waals surface area contributed by atoms with E-state index in [0.717, 1.165) is 44.8 Å². The van der Waals surface area contributed by atoms with Gasteiger partial charge in [-0.2, -0.15) is 0 Å². The maximum Gasteiger partial charge on any atom is 0.240 e. The van der Waals surface area contributed by atoms with Gasteiger partial charge in [0.25, 0.3) is 0 Å². The molecule has 0 bridgehead atoms. The van der Waals surface area contributed by atoms with Crippen LogP contribution in [0.4, 0.5) is 0 Å². The molecule has 0 radical (unpaired) electrons. The number of morpholine rings is 1. The van der Waals surface area contributed by atoms with Crippen LogP contribution in [0.1, 0.15) is 32.8 Å². The molecule has 0 unspecified atom stereocenters. The molecule has 1 saturated heterocycles. The van der Waals surface area contributed by atoms with Gasteiger partial charge in [0.15, 0.2) is 0 Å². The fraction of sp³-hybridized carbons (Fsp3) is 0.647. The zero-order valence-electron chi connectivity index (χ0n) is 14.4. The number of benzene rings is 1. The lowest BCUT2D eigenvalue weighted by molar-refractivity contribution is -0.908. The number of quaternary nitrogens is 1. The van der Waals surface area contributed by atoms with Crippen LogP contribution in [0, 0.1) is 0 Å². The zero-order chi connectivity index (χ0) is 16.9. The number of ether oxygens (including phenoxy) is 1. The Morgan fingerprint density at radius 1 is 1.13 bits per heavy atom. The summed E-state index contributed by atoms with van der Waals surface area (Å²) in [6.07, 6.45) is 0.842. The van der Waals surface area contributed by atoms with E-state index in [2.05, 4.69) is 25.5 Å². The van der Waals surface area contributed by atoms with E-state index in [-0.39, 0.29) is 5.41 Å². The van der Waals surface area contributed by atoms with Gasteiger partial charge in [0.2, 0.25) is 10.0 Å². The Hall–Kier alpha value is -0.950. The summed E-state index contributed by atoms with van der Waals surface area (Å²) < 4.78 is 32.6. The van der Waals surface area contributed by atoms with Gasteiger partial charge in [-0.3, -0.25) is 0 Å². The highest BCUT2D eigenvalue weighted by Gasteiger charge is 2.18. The standard InChI is InChI=1S/C17H28N2O3S/c1-17(2,3)15-5-7-16(8-6-15)23(20,21)18-9-4-10-19-11-13-22-14-12-19/h5-8,18H,4,9-14H2,1-3H3/p+1. The molecule has 0 amide bonds. The second kappa shape index (κ2) is 7.75. The van der Waals surface area contributed by atoms with Crippen molar-refractivity contribution in [2.24, 2.45) is 0 Å². The molecule has 1 aromatic rings. The average Bonchev–Trinajstić information content (AvgIpc) is 2.52. The topological polar surface area (TPSA) is 59.8 Å². The molecule has 1 fully saturated rings. The molecule has 0 saturated carbocycles. The fourth-order valence-electron chi connectivity index (χ4n) is 2.67. The SMILES string of the molecule is CC(C)(C)c1ccc(S(=O)(=O)NCCC[NH+]2CCOCC2)cc1. The lowest BCUT2D eigenvalue weighted by Gasteiger charge is -2.23. The minimum atomic E-state index is -3.41. The minimum Gasteiger partial charge on any atom is -0.370 e. The molecular weight excluding hydrogens is 312 g/mol. The fourth-order valence-corrected chi connectivity index (χ4v) is 3.75. The summed E-state index contributed by atoms with van der Waals surface area (Å²) in [6.45, 7) is 11.4. The summed E-state index contributed by atoms with van der Waals surface area (Å²) in [5.74, 6) is 0. The van der Waals surface area contributed by atoms with E-state index < -0.39 is 10.0 Å². The molecule has 1 aliphatic rings. The van der Waals surface area contributed by atoms with Crippen molar-refractivity contribution >= 4 is 10.0 Å². The molecule has 1 heterocycles. The third-order valence-corrected chi connectivity index (χ3v) is 5.71. The number of hydrogen-bond donors (Lipinski definition) is 2. The largest absolute Gasteiger partial charge is 0.370 e. The Morgan fingerprint density at radius 2 is 1.74 bits per heavy atom. The van der Waals surface area contributed by atoms with E-state index in [1.54, 1.807) is 12.1 Å². The van der Waals surface area contributed by atoms with Crippen molar-refractivity contribution in [2.75, 3.05) is 39.4 Å². The van der Waals surface area contributed by atoms with Crippen LogP contribution in [0.15, 0.2) is 29.2 Å². The summed E-state index contributed by atoms with van der Waals surface area (Å²) in [5, 5.41) is 0. The van der Waals surface area contributed by atoms with Gasteiger partial charge in [0, 0.05) is 13.0 Å². The third-order valence-electron chi connectivity index (χ3n) is 4.23. The van der Waals surface area contributed by atoms with Gasteiger partial charge < -0.3 is 9.64 Å². The number of hydrogen-bond acceptors (Lipinski definition) is 3. The van der Waals surface area contributed by atoms with Crippen molar-refractivity contribution < 1.29 is 18.1 Å². The summed E-state index contributed by atoms with van der Waals surface area (Å²) >= 11 is 0. The molecule has 6 heteroatoms. The lowest BCUT2D eigenvalue weighted by atomic mass is 9.87. The maximum atomic E-state index is 12.3. The van der Waals surface area contributed by atoms with Crippen molar-refractivity contribution in [1.29, 1.82) is 0 Å². The number of rotatable bonds is 6. The molecule has 1 aromatic carbocycles. The van der Waals surface area contributed by atoms with E-state index in [1.165, 1.54) is 4.90 Å². The molecule has 23 heavy (non-hydrogen) atoms. The first-order valence-electron chi connectivity index (χ1n) is 8.30. The smallest absolute Gasteiger partial charge is 0.240 e. The Bertz CT molecular complexity index is 585. The summed E-state index contributed by atoms with van der Waals surface area (Å²) in [7, 11) is -3.41. The van der Waals surface area contributed by atoms with Crippen LogP contribution in [0.25, 0.3) is 0 Å². The van der Waals surface area contributed by atoms with Crippen molar-refractivity contribution in [3.05, 3.63) is 29.8 Å². The van der Waals surface area contributed by atoms with Crippen LogP contribution in [0.3, 0.4) is 0 Å². The molecule has 0 aliphatic carbocycles. The highest BCUT2D eigenvalue weighted by molar-refractivity contribution is 7.89. The van der Waals surface area contributed by atoms with Gasteiger partial charge in [-0.25, -0.2) is 13.1 Å². The van der Waals surface area contributed by atoms with E-state index in [9.17, 15) is 8.42 Å². The first kappa shape index (κ1) is 18.4. The van der Waals surface area contributed by atoms with Crippen molar-refractivity contribution in [3.63, 3.8) is 0 Å². The highest BCUT2D eigenvalue weighted by Crippen LogP contribution is 2.23. The van der Waals surface area contributed by atoms with E-state index >= 15 is 0 Å². The third kappa shape index (κ3) is 5.57. The zero-order valence-corrected chi connectivity index (χ0v) is 15.2. The van der Waals surface area contributed by atoms with Crippen molar-refractivity contribution in [3.8, 4) is 0 Å². The molecule has 2 N–H and O–H groups in total. The molecule has 0 atom stereocenters. The van der Waals surface area contributed by atoms with Crippen LogP contribution in [-0.2, 0) is 20.2 Å². The van der Waals surface area contributed by atoms with Crippen LogP contribution < -0.4 is 9.62 Å². The second-order valence-corrected chi connectivity index (χ2v) is 8.91. The van der Waals surface area contributed by atoms with E-state index in [4.69, 9.17) is 4.74 Å². The second-order valence-electron chi connectivity index (χ2n) is 7.14. The summed E-state index contributed by atoms with van der Waals surface area (Å²) in [6, 6.07) is 7.17. The van der Waals surface area contributed by atoms with Crippen molar-refractivity contribution in [2.45, 2.75) is 37.5 Å². The molecular formula is C17H29N2O3S+. The van der Waals surface area contributed by atoms with Gasteiger partial charge in [0.05, 0.1) is 24.7 Å². The Morgan fingerprint density at radius 3 is 2.30 bits per heavy atom. The highest BCUT2D eigenvalue weighted by atomic mass is 32.2. The first-order chi connectivity index (χ1) is 10.8. The van der Waals surface area contributed by atoms with Crippen LogP contribution in [0.2, 0.25) is 0 Å². The monoisotopic (exact) mass is 341 g/mol. The van der Waals surface area contributed by atoms with Gasteiger partial charge in [-0.05, 0) is 23.1 Å². The van der Waals surface area contributed by atoms with Gasteiger partial charge in [0.1, 0.15) is 13.1 Å². The molecule has 5 nitrogen and oxygen atoms in total. The van der Waals surface area contributed by atoms with E-state index in [0.29, 0.717) is 11.4 Å². The Balaban J connectivity index is 1.83. The summed E-state index contributed by atoms with van der Waals surface area (Å²) in [4.78, 5) is 1.83. The quantitative estimate of drug-likeness (QED) is 0.744. The van der Waals surface area contributed by atoms with Gasteiger partial charge >= 0.3 is 0 Å². The molecule has 0 spiro atoms. The van der Waals surface area contributed by atoms with Crippen LogP contribution in [0.5, 0.6) is 0 Å². The number of sulfonamides is 1. The Labute approximate surface area is 140 Å². The van der Waals surface area contributed by atoms with Gasteiger partial charge in [-0.1, -0.05) is 32.9 Å². The first-order valence-corrected chi connectivity index (χ1v) is 9.79. The van der Waals surface area contributed by atoms with Gasteiger partial charge in [-0.15, -0.1) is 0 Å². The molecule has 0 aromatic heterocycles. The predicted molar refractivity (Wildman–Crippen MR) is 91.3 cm³/mol. The Kier molecular flexibility index (Phi) is 6.19. The minimum absolute atomic E-state index is 0.0245. The normalized spacial score (nSPS) is 17.3. The summed E-state index contributed by atoms with van der Waals surface area (Å²) in [5.41, 5.74) is 1.16. The van der Waals surface area contributed by atoms with Crippen LogP contribution in [-0.4, -0.2) is 47.8 Å². The molecule has 130 valence electrons. The maximum absolute atomic E-state index is 12.3. The number of nitrogens with one attached hydrogen (secondary N) is 2. The van der Waals surface area contributed by atoms with Crippen LogP contribution >= 0.6 is 0 Å². The molecule has 2 rings (SSSR count). The van der Waals surface area contributed by atoms with E-state index in [1.807, 2.05) is 12.1 Å². The average molecular weight is 341 g/mol. The predicted octanol–water partition coefficient (Wildman–Crippen LogP) is 0.568. The van der Waals surface area contributed by atoms with Crippen molar-refractivity contribution in [1.82, 2.24) is 4.72 Å².